The van der Waals surface area contributed by atoms with Gasteiger partial charge in [0.15, 0.2) is 37.2 Å². The molecular formula is C56H92O32S. The molecule has 0 aromatic carbocycles. The maximum atomic E-state index is 12.7. The van der Waals surface area contributed by atoms with Crippen LogP contribution in [0.2, 0.25) is 0 Å². The van der Waals surface area contributed by atoms with Gasteiger partial charge in [-0.25, -0.2) is 4.18 Å². The SMILES string of the molecule is C[C@@H]1CC[C@@]2(OC1)O[C@H]1[C@@H](OS(=O)(=O)O)[C@H]3[C@@H]4CC[C@H]5C[C@@H](O[C@@H]6O[C@H](CO)[C@H](O[C@@H]7O[C@H](CO)C(O)[C@H](O[C@@H]8OC[C@@H](O)[C@H](O)[C@H]8O)[C@H]7O[C@@H]7O[C@H](CO)[C@H](O)[C@H](O[C@@H]8O[C@H](CO)[C@@H](O)[C@H](O)[C@H]8O)[C@H]7O)[C@H](O)[C@H]6O)[C@H](O)C[C@]5(C)[C@H]4CC[C@]3(C)[C@H]1[C@@H]2C. The summed E-state index contributed by atoms with van der Waals surface area (Å²) < 4.78 is 114. The van der Waals surface area contributed by atoms with Crippen LogP contribution in [0.15, 0.2) is 0 Å². The largest absolute Gasteiger partial charge is 0.397 e. The number of ether oxygens (including phenoxy) is 12. The van der Waals surface area contributed by atoms with E-state index in [2.05, 4.69) is 27.7 Å². The predicted molar refractivity (Wildman–Crippen MR) is 288 cm³/mol. The van der Waals surface area contributed by atoms with Crippen molar-refractivity contribution in [3.63, 3.8) is 0 Å². The Labute approximate surface area is 513 Å². The molecule has 7 heterocycles. The smallest absolute Gasteiger partial charge is 0.394 e. The fourth-order valence-electron chi connectivity index (χ4n) is 17.7. The molecule has 7 saturated heterocycles. The minimum absolute atomic E-state index is 0.0414. The highest BCUT2D eigenvalue weighted by Gasteiger charge is 2.74. The first kappa shape index (κ1) is 69.1. The van der Waals surface area contributed by atoms with Crippen LogP contribution in [-0.2, 0) is 71.4 Å². The van der Waals surface area contributed by atoms with Gasteiger partial charge in [0.05, 0.1) is 58.0 Å². The van der Waals surface area contributed by atoms with Crippen molar-refractivity contribution in [2.75, 3.05) is 39.6 Å². The standard InChI is InChI=1S/C56H92O32S/c1-19-7-10-56(77-17-19)20(2)31-44(87-56)45(88-89(73,74)75)32-22-6-5-21-11-26(24(61)12-55(21,4)23(22)8-9-54(31,32)3)78-50-41(71)38(68)43(30(16-60)82-50)83-53-48(47(36(66)29(15-59)81-53)85-49-39(69)33(63)25(62)18-76-49)86-52-42(72)46(35(65)28(14-58)80-52)84-51-40(70)37(67)34(64)27(13-57)79-51/h19-53,57-72H,5-18H2,1-4H3,(H,73,74,75)/t19-,20+,21+,22-,23+,24-,25-,26-,27-,28-,29-,30-,31+,32-,33+,34-,35+,36?,37+,38-,39-,40-,41-,42-,43+,44-,45+,46+,47+,48-,49+,50-,51+,52+,53+,54-,55+,56-/m1/s1. The first-order valence-electron chi connectivity index (χ1n) is 31.1. The fourth-order valence-corrected chi connectivity index (χ4v) is 18.2. The van der Waals surface area contributed by atoms with Crippen molar-refractivity contribution < 1.29 is 156 Å². The number of fused-ring (bicyclic) bond motifs is 7. The molecule has 0 amide bonds. The molecule has 0 radical (unpaired) electrons. The Balaban J connectivity index is 0.807. The average Bonchev–Trinajstić information content (AvgIpc) is 1.55. The summed E-state index contributed by atoms with van der Waals surface area (Å²) in [6.07, 6.45) is -45.4. The van der Waals surface area contributed by atoms with Crippen molar-refractivity contribution in [1.82, 2.24) is 0 Å². The Morgan fingerprint density at radius 3 is 1.70 bits per heavy atom. The van der Waals surface area contributed by atoms with Crippen molar-refractivity contribution >= 4 is 10.4 Å². The topological polar surface area (TPSA) is 498 Å². The highest BCUT2D eigenvalue weighted by atomic mass is 32.3. The Hall–Kier alpha value is -1.25. The second-order valence-electron chi connectivity index (χ2n) is 27.4. The normalized spacial score (nSPS) is 56.2. The predicted octanol–water partition coefficient (Wildman–Crippen LogP) is -6.68. The molecule has 4 saturated carbocycles. The molecule has 4 aliphatic carbocycles. The van der Waals surface area contributed by atoms with Gasteiger partial charge < -0.3 is 139 Å². The van der Waals surface area contributed by atoms with E-state index in [0.717, 1.165) is 12.8 Å². The Morgan fingerprint density at radius 1 is 0.494 bits per heavy atom. The molecule has 1 spiro atoms. The van der Waals surface area contributed by atoms with Crippen molar-refractivity contribution in [2.24, 2.45) is 52.3 Å². The van der Waals surface area contributed by atoms with Gasteiger partial charge in [-0.05, 0) is 85.4 Å². The van der Waals surface area contributed by atoms with E-state index in [1.807, 2.05) is 0 Å². The summed E-state index contributed by atoms with van der Waals surface area (Å²) in [6, 6.07) is 0. The van der Waals surface area contributed by atoms with E-state index in [4.69, 9.17) is 61.0 Å². The van der Waals surface area contributed by atoms with Crippen LogP contribution in [0.5, 0.6) is 0 Å². The molecule has 11 rings (SSSR count). The molecule has 514 valence electrons. The molecule has 11 aliphatic rings. The third kappa shape index (κ3) is 12.4. The van der Waals surface area contributed by atoms with Crippen LogP contribution in [-0.4, -0.2) is 312 Å². The molecule has 32 nitrogen and oxygen atoms in total. The van der Waals surface area contributed by atoms with Gasteiger partial charge in [0.2, 0.25) is 0 Å². The van der Waals surface area contributed by atoms with Crippen LogP contribution in [0.4, 0.5) is 0 Å². The van der Waals surface area contributed by atoms with Gasteiger partial charge in [0, 0.05) is 18.3 Å². The first-order valence-corrected chi connectivity index (χ1v) is 32.5. The molecule has 7 aliphatic heterocycles. The lowest BCUT2D eigenvalue weighted by Crippen LogP contribution is -2.69. The molecule has 0 aromatic rings. The summed E-state index contributed by atoms with van der Waals surface area (Å²) in [4.78, 5) is 0. The second kappa shape index (κ2) is 26.6. The third-order valence-corrected chi connectivity index (χ3v) is 22.8. The van der Waals surface area contributed by atoms with Crippen LogP contribution in [0.3, 0.4) is 0 Å². The Morgan fingerprint density at radius 2 is 1.06 bits per heavy atom. The van der Waals surface area contributed by atoms with Gasteiger partial charge in [0.1, 0.15) is 122 Å². The van der Waals surface area contributed by atoms with E-state index in [1.54, 1.807) is 0 Å². The molecule has 0 bridgehead atoms. The van der Waals surface area contributed by atoms with E-state index in [1.165, 1.54) is 0 Å². The number of hydrogen-bond donors (Lipinski definition) is 17. The zero-order valence-electron chi connectivity index (χ0n) is 49.7. The van der Waals surface area contributed by atoms with Crippen molar-refractivity contribution in [3.05, 3.63) is 0 Å². The zero-order valence-corrected chi connectivity index (χ0v) is 50.6. The Bertz CT molecular complexity index is 2480. The minimum atomic E-state index is -4.93. The molecular weight excluding hydrogens is 1220 g/mol. The number of aliphatic hydroxyl groups is 16. The van der Waals surface area contributed by atoms with Crippen molar-refractivity contribution in [3.8, 4) is 0 Å². The summed E-state index contributed by atoms with van der Waals surface area (Å²) >= 11 is 0. The van der Waals surface area contributed by atoms with Crippen LogP contribution in [0, 0.1) is 52.3 Å². The Kier molecular flexibility index (Phi) is 20.7. The highest BCUT2D eigenvalue weighted by molar-refractivity contribution is 7.80. The lowest BCUT2D eigenvalue weighted by molar-refractivity contribution is -0.410. The van der Waals surface area contributed by atoms with Crippen LogP contribution < -0.4 is 0 Å². The zero-order chi connectivity index (χ0) is 64.3. The summed E-state index contributed by atoms with van der Waals surface area (Å²) in [6.45, 7) is 4.49. The van der Waals surface area contributed by atoms with Gasteiger partial charge in [-0.1, -0.05) is 27.7 Å². The molecule has 0 aromatic heterocycles. The summed E-state index contributed by atoms with van der Waals surface area (Å²) in [5.74, 6) is -1.40. The van der Waals surface area contributed by atoms with Crippen LogP contribution in [0.25, 0.3) is 0 Å². The minimum Gasteiger partial charge on any atom is -0.394 e. The van der Waals surface area contributed by atoms with Gasteiger partial charge in [-0.15, -0.1) is 0 Å². The van der Waals surface area contributed by atoms with Gasteiger partial charge in [-0.2, -0.15) is 8.42 Å². The summed E-state index contributed by atoms with van der Waals surface area (Å²) in [5, 5.41) is 176. The van der Waals surface area contributed by atoms with E-state index in [0.29, 0.717) is 38.2 Å². The summed E-state index contributed by atoms with van der Waals surface area (Å²) in [5.41, 5.74) is -0.991. The maximum absolute atomic E-state index is 12.7. The van der Waals surface area contributed by atoms with Gasteiger partial charge in [-0.3, -0.25) is 4.55 Å². The second-order valence-corrected chi connectivity index (χ2v) is 28.5. The fraction of sp³-hybridized carbons (Fsp3) is 1.00. The lowest BCUT2D eigenvalue weighted by atomic mass is 9.44. The number of rotatable bonds is 16. The maximum Gasteiger partial charge on any atom is 0.397 e. The first-order chi connectivity index (χ1) is 42.0. The van der Waals surface area contributed by atoms with Crippen LogP contribution >= 0.6 is 0 Å². The van der Waals surface area contributed by atoms with Crippen LogP contribution in [0.1, 0.15) is 79.1 Å². The van der Waals surface area contributed by atoms with E-state index in [9.17, 15) is 94.7 Å². The van der Waals surface area contributed by atoms with Gasteiger partial charge in [0.25, 0.3) is 0 Å². The molecule has 1 unspecified atom stereocenters. The molecule has 38 atom stereocenters. The van der Waals surface area contributed by atoms with E-state index in [-0.39, 0.29) is 48.3 Å². The molecule has 89 heavy (non-hydrogen) atoms. The van der Waals surface area contributed by atoms with E-state index >= 15 is 0 Å². The lowest BCUT2D eigenvalue weighted by Gasteiger charge is -2.62. The summed E-state index contributed by atoms with van der Waals surface area (Å²) in [7, 11) is -4.93. The highest BCUT2D eigenvalue weighted by Crippen LogP contribution is 2.72. The average molecular weight is 1310 g/mol. The third-order valence-electron chi connectivity index (χ3n) is 22.4. The van der Waals surface area contributed by atoms with Crippen molar-refractivity contribution in [2.45, 2.75) is 257 Å². The van der Waals surface area contributed by atoms with Crippen molar-refractivity contribution in [1.29, 1.82) is 0 Å². The monoisotopic (exact) mass is 1310 g/mol. The number of hydrogen-bond acceptors (Lipinski definition) is 31. The molecule has 17 N–H and O–H groups in total. The number of aliphatic hydroxyl groups excluding tert-OH is 16. The van der Waals surface area contributed by atoms with Gasteiger partial charge >= 0.3 is 10.4 Å². The quantitative estimate of drug-likeness (QED) is 0.0505. The van der Waals surface area contributed by atoms with E-state index < -0.39 is 232 Å². The molecule has 33 heteroatoms. The molecule has 11 fully saturated rings.